The normalized spacial score (nSPS) is 13.7. The van der Waals surface area contributed by atoms with Gasteiger partial charge in [0.1, 0.15) is 0 Å². The van der Waals surface area contributed by atoms with E-state index in [2.05, 4.69) is 109 Å². The van der Waals surface area contributed by atoms with Gasteiger partial charge in [-0.05, 0) is 82.1 Å². The fraction of sp³-hybridized carbons (Fsp3) is 0.119. The number of fused-ring (bicyclic) bond motifs is 3. The van der Waals surface area contributed by atoms with Crippen LogP contribution in [0.5, 0.6) is 0 Å². The monoisotopic (exact) mass is 613 g/mol. The van der Waals surface area contributed by atoms with Gasteiger partial charge in [0, 0.05) is 31.3 Å². The van der Waals surface area contributed by atoms with Crippen LogP contribution in [0.4, 0.5) is 0 Å². The van der Waals surface area contributed by atoms with Gasteiger partial charge in [0.05, 0.1) is 6.54 Å². The van der Waals surface area contributed by atoms with Crippen LogP contribution in [0.3, 0.4) is 0 Å². The van der Waals surface area contributed by atoms with E-state index in [1.54, 1.807) is 0 Å². The van der Waals surface area contributed by atoms with Crippen molar-refractivity contribution in [1.82, 2.24) is 0 Å². The van der Waals surface area contributed by atoms with Gasteiger partial charge < -0.3 is 0 Å². The van der Waals surface area contributed by atoms with Crippen molar-refractivity contribution in [2.24, 2.45) is 15.0 Å². The highest BCUT2D eigenvalue weighted by Gasteiger charge is 2.16. The number of nitrogens with zero attached hydrogens (tertiary/aromatic N) is 3. The Kier molecular flexibility index (Phi) is 8.37. The molecule has 3 nitrogen and oxygen atoms in total. The van der Waals surface area contributed by atoms with Gasteiger partial charge in [0.15, 0.2) is 11.7 Å². The molecule has 1 aromatic heterocycles. The Morgan fingerprint density at radius 1 is 0.674 bits per heavy atom. The van der Waals surface area contributed by atoms with E-state index in [0.29, 0.717) is 18.2 Å². The summed E-state index contributed by atoms with van der Waals surface area (Å²) in [7, 11) is 0. The summed E-state index contributed by atoms with van der Waals surface area (Å²) >= 11 is 1.88. The van der Waals surface area contributed by atoms with Crippen LogP contribution in [0.25, 0.3) is 52.8 Å². The summed E-state index contributed by atoms with van der Waals surface area (Å²) in [5, 5.41) is 7.97. The average Bonchev–Trinajstić information content (AvgIpc) is 3.52. The lowest BCUT2D eigenvalue weighted by molar-refractivity contribution is 0.915. The van der Waals surface area contributed by atoms with Gasteiger partial charge in [-0.2, -0.15) is 0 Å². The zero-order valence-electron chi connectivity index (χ0n) is 26.2. The van der Waals surface area contributed by atoms with Crippen LogP contribution in [0.2, 0.25) is 0 Å². The molecule has 0 spiro atoms. The minimum Gasteiger partial charge on any atom is -0.262 e. The molecule has 0 bridgehead atoms. The van der Waals surface area contributed by atoms with Crippen LogP contribution in [0, 0.1) is 0 Å². The van der Waals surface area contributed by atoms with E-state index in [0.717, 1.165) is 29.5 Å². The molecule has 0 fully saturated rings. The van der Waals surface area contributed by atoms with Crippen LogP contribution < -0.4 is 0 Å². The summed E-state index contributed by atoms with van der Waals surface area (Å²) in [5.41, 5.74) is 5.47. The van der Waals surface area contributed by atoms with Gasteiger partial charge in [-0.3, -0.25) is 4.99 Å². The number of allylic oxidation sites excluding steroid dienone is 3. The van der Waals surface area contributed by atoms with E-state index in [9.17, 15) is 0 Å². The standard InChI is InChI=1S/C40H29N3S.C2H6/c1-41-39(27-13-6-3-7-14-27)43-40(42-25-26-11-4-2-5-12-26)30-16-8-15-28(23-30)29-21-22-31-32-17-9-19-35-37(32)38-33(34(31)24-29)18-10-20-36(38)44-35;1-2/h2-4,6-11,13-24H,1,5,12,25H2;1-2H3. The molecule has 1 heterocycles. The SMILES string of the molecule is C=NC(=NC(=NCC1=CC=CCC1)c1cccc(-c2ccc3c(c2)c2cccc4sc5cccc3c5c42)c1)c1ccccc1.CC. The molecule has 0 radical (unpaired) electrons. The number of hydrogen-bond donors (Lipinski definition) is 0. The summed E-state index contributed by atoms with van der Waals surface area (Å²) in [4.78, 5) is 14.3. The molecular weight excluding hydrogens is 579 g/mol. The van der Waals surface area contributed by atoms with Crippen LogP contribution in [0.1, 0.15) is 37.8 Å². The Hall–Kier alpha value is -5.19. The Labute approximate surface area is 274 Å². The van der Waals surface area contributed by atoms with E-state index in [-0.39, 0.29) is 0 Å². The third-order valence-electron chi connectivity index (χ3n) is 8.50. The zero-order valence-corrected chi connectivity index (χ0v) is 27.0. The number of aliphatic imine (C=N–C) groups is 3. The molecule has 0 aliphatic heterocycles. The Morgan fingerprint density at radius 3 is 2.09 bits per heavy atom. The second-order valence-electron chi connectivity index (χ2n) is 11.2. The third-order valence-corrected chi connectivity index (χ3v) is 9.62. The van der Waals surface area contributed by atoms with Crippen molar-refractivity contribution in [2.75, 3.05) is 6.54 Å². The van der Waals surface area contributed by atoms with Crippen molar-refractivity contribution in [3.05, 3.63) is 144 Å². The predicted octanol–water partition coefficient (Wildman–Crippen LogP) is 11.7. The molecule has 0 atom stereocenters. The highest BCUT2D eigenvalue weighted by molar-refractivity contribution is 7.26. The summed E-state index contributed by atoms with van der Waals surface area (Å²) < 4.78 is 2.69. The number of rotatable bonds is 5. The van der Waals surface area contributed by atoms with Gasteiger partial charge in [-0.1, -0.05) is 117 Å². The van der Waals surface area contributed by atoms with Gasteiger partial charge in [0.25, 0.3) is 0 Å². The lowest BCUT2D eigenvalue weighted by atomic mass is 9.92. The molecular formula is C42H35N3S. The highest BCUT2D eigenvalue weighted by Crippen LogP contribution is 2.45. The molecule has 224 valence electrons. The first kappa shape index (κ1) is 29.5. The molecule has 8 rings (SSSR count). The maximum atomic E-state index is 5.04. The number of amidine groups is 2. The minimum absolute atomic E-state index is 0.565. The van der Waals surface area contributed by atoms with E-state index in [4.69, 9.17) is 9.98 Å². The molecule has 7 aromatic rings. The van der Waals surface area contributed by atoms with Crippen molar-refractivity contribution in [3.63, 3.8) is 0 Å². The zero-order chi connectivity index (χ0) is 31.5. The summed E-state index contributed by atoms with van der Waals surface area (Å²) in [6.07, 6.45) is 8.55. The van der Waals surface area contributed by atoms with Crippen LogP contribution in [-0.4, -0.2) is 24.9 Å². The highest BCUT2D eigenvalue weighted by atomic mass is 32.1. The molecule has 6 aromatic carbocycles. The number of thiophene rings is 1. The van der Waals surface area contributed by atoms with Gasteiger partial charge in [-0.25, -0.2) is 9.98 Å². The van der Waals surface area contributed by atoms with Crippen LogP contribution in [0.15, 0.2) is 148 Å². The molecule has 46 heavy (non-hydrogen) atoms. The van der Waals surface area contributed by atoms with E-state index < -0.39 is 0 Å². The van der Waals surface area contributed by atoms with Crippen molar-refractivity contribution >= 4 is 71.4 Å². The Balaban J connectivity index is 0.00000166. The molecule has 1 aliphatic rings. The largest absolute Gasteiger partial charge is 0.262 e. The molecule has 4 heteroatoms. The minimum atomic E-state index is 0.565. The first-order valence-corrected chi connectivity index (χ1v) is 16.8. The fourth-order valence-electron chi connectivity index (χ4n) is 6.37. The Bertz CT molecular complexity index is 2320. The molecule has 0 N–H and O–H groups in total. The average molecular weight is 614 g/mol. The van der Waals surface area contributed by atoms with Crippen LogP contribution in [-0.2, 0) is 0 Å². The topological polar surface area (TPSA) is 37.1 Å². The van der Waals surface area contributed by atoms with E-state index in [1.165, 1.54) is 52.9 Å². The molecule has 1 aliphatic carbocycles. The maximum Gasteiger partial charge on any atom is 0.161 e. The van der Waals surface area contributed by atoms with Crippen molar-refractivity contribution in [3.8, 4) is 11.1 Å². The second kappa shape index (κ2) is 13.0. The van der Waals surface area contributed by atoms with Crippen molar-refractivity contribution < 1.29 is 0 Å². The maximum absolute atomic E-state index is 5.04. The number of benzene rings is 6. The first-order valence-electron chi connectivity index (χ1n) is 16.0. The number of hydrogen-bond acceptors (Lipinski definition) is 2. The lowest BCUT2D eigenvalue weighted by Gasteiger charge is -2.12. The summed E-state index contributed by atoms with van der Waals surface area (Å²) in [6, 6.07) is 38.8. The van der Waals surface area contributed by atoms with Crippen molar-refractivity contribution in [1.29, 1.82) is 0 Å². The van der Waals surface area contributed by atoms with Crippen molar-refractivity contribution in [2.45, 2.75) is 26.7 Å². The Morgan fingerprint density at radius 2 is 1.37 bits per heavy atom. The summed E-state index contributed by atoms with van der Waals surface area (Å²) in [5.74, 6) is 1.22. The lowest BCUT2D eigenvalue weighted by Crippen LogP contribution is -2.06. The molecule has 0 unspecified atom stereocenters. The fourth-order valence-corrected chi connectivity index (χ4v) is 7.52. The molecule has 0 saturated heterocycles. The smallest absolute Gasteiger partial charge is 0.161 e. The first-order chi connectivity index (χ1) is 22.8. The van der Waals surface area contributed by atoms with Gasteiger partial charge in [-0.15, -0.1) is 11.3 Å². The quantitative estimate of drug-likeness (QED) is 0.105. The van der Waals surface area contributed by atoms with Gasteiger partial charge in [0.2, 0.25) is 0 Å². The summed E-state index contributed by atoms with van der Waals surface area (Å²) in [6.45, 7) is 8.43. The second-order valence-corrected chi connectivity index (χ2v) is 12.3. The molecule has 0 amide bonds. The van der Waals surface area contributed by atoms with E-state index >= 15 is 0 Å². The molecule has 0 saturated carbocycles. The van der Waals surface area contributed by atoms with E-state index in [1.807, 2.05) is 55.5 Å². The van der Waals surface area contributed by atoms with Crippen LogP contribution >= 0.6 is 11.3 Å². The third kappa shape index (κ3) is 5.46. The van der Waals surface area contributed by atoms with Gasteiger partial charge >= 0.3 is 0 Å². The predicted molar refractivity (Wildman–Crippen MR) is 203 cm³/mol.